The van der Waals surface area contributed by atoms with Gasteiger partial charge >= 0.3 is 18.9 Å². The van der Waals surface area contributed by atoms with E-state index in [1.165, 1.54) is 0 Å². The molecule has 0 saturated heterocycles. The van der Waals surface area contributed by atoms with E-state index in [0.29, 0.717) is 6.42 Å². The average Bonchev–Trinajstić information content (AvgIpc) is 2.42. The smallest absolute Gasteiger partial charge is 0.550 e. The van der Waals surface area contributed by atoms with Gasteiger partial charge in [-0.2, -0.15) is 0 Å². The molecule has 1 rings (SSSR count). The van der Waals surface area contributed by atoms with E-state index >= 15 is 0 Å². The minimum absolute atomic E-state index is 0. The Morgan fingerprint density at radius 3 is 2.44 bits per heavy atom. The van der Waals surface area contributed by atoms with Gasteiger partial charge in [-0.3, -0.25) is 0 Å². The molecule has 9 heavy (non-hydrogen) atoms. The second-order valence-electron chi connectivity index (χ2n) is 2.10. The molecule has 1 aliphatic carbocycles. The van der Waals surface area contributed by atoms with Gasteiger partial charge in [0.25, 0.3) is 0 Å². The zero-order valence-corrected chi connectivity index (χ0v) is 5.33. The zero-order chi connectivity index (χ0) is 6.15. The molecular weight excluding hydrogens is 115 g/mol. The number of carbonyl (C=O) groups is 1. The van der Waals surface area contributed by atoms with E-state index in [9.17, 15) is 9.90 Å². The Kier molecular flexibility index (Phi) is 3.27. The van der Waals surface area contributed by atoms with Crippen molar-refractivity contribution in [1.82, 2.24) is 0 Å². The van der Waals surface area contributed by atoms with Crippen molar-refractivity contribution in [2.75, 3.05) is 6.61 Å². The summed E-state index contributed by atoms with van der Waals surface area (Å²) in [6.07, 6.45) is 0.596. The van der Waals surface area contributed by atoms with E-state index in [2.05, 4.69) is 0 Å². The summed E-state index contributed by atoms with van der Waals surface area (Å²) in [4.78, 5) is 9.91. The minimum atomic E-state index is -1.02. The van der Waals surface area contributed by atoms with E-state index < -0.39 is 5.97 Å². The summed E-state index contributed by atoms with van der Waals surface area (Å²) in [5.41, 5.74) is 0. The number of hydrogen-bond acceptors (Lipinski definition) is 3. The van der Waals surface area contributed by atoms with E-state index in [0.717, 1.165) is 0 Å². The van der Waals surface area contributed by atoms with Crippen molar-refractivity contribution in [3.05, 3.63) is 0 Å². The molecule has 0 aromatic carbocycles. The average molecular weight is 122 g/mol. The van der Waals surface area contributed by atoms with Gasteiger partial charge < -0.3 is 15.0 Å². The van der Waals surface area contributed by atoms with Crippen molar-refractivity contribution in [3.8, 4) is 0 Å². The molecule has 1 saturated carbocycles. The number of carboxylic acid groups (broad SMARTS) is 1. The van der Waals surface area contributed by atoms with Crippen LogP contribution in [0.2, 0.25) is 0 Å². The summed E-state index contributed by atoms with van der Waals surface area (Å²) < 4.78 is 0. The van der Waals surface area contributed by atoms with Crippen LogP contribution in [0.1, 0.15) is 6.42 Å². The molecule has 0 aliphatic heterocycles. The largest absolute Gasteiger partial charge is 1.00 e. The standard InChI is InChI=1S/C5H8O3.Li/c6-2-3-1-4(3)5(7)8;/h3-4,6H,1-2H2,(H,7,8);/q;+1/p-1. The third-order valence-corrected chi connectivity index (χ3v) is 1.46. The van der Waals surface area contributed by atoms with Crippen LogP contribution in [-0.2, 0) is 4.79 Å². The fourth-order valence-electron chi connectivity index (χ4n) is 0.738. The van der Waals surface area contributed by atoms with Gasteiger partial charge in [-0.25, -0.2) is 0 Å². The molecule has 0 heterocycles. The third-order valence-electron chi connectivity index (χ3n) is 1.46. The molecule has 0 aromatic heterocycles. The first-order valence-electron chi connectivity index (χ1n) is 2.57. The summed E-state index contributed by atoms with van der Waals surface area (Å²) in [7, 11) is 0. The van der Waals surface area contributed by atoms with Gasteiger partial charge in [0.05, 0.1) is 0 Å². The summed E-state index contributed by atoms with van der Waals surface area (Å²) >= 11 is 0. The Morgan fingerprint density at radius 1 is 1.78 bits per heavy atom. The van der Waals surface area contributed by atoms with Gasteiger partial charge in [0.15, 0.2) is 0 Å². The van der Waals surface area contributed by atoms with E-state index in [4.69, 9.17) is 5.11 Å². The molecule has 2 unspecified atom stereocenters. The molecule has 2 atom stereocenters. The second kappa shape index (κ2) is 3.26. The van der Waals surface area contributed by atoms with Gasteiger partial charge in [-0.15, -0.1) is 0 Å². The van der Waals surface area contributed by atoms with E-state index in [1.807, 2.05) is 0 Å². The second-order valence-corrected chi connectivity index (χ2v) is 2.10. The van der Waals surface area contributed by atoms with Crippen molar-refractivity contribution < 1.29 is 33.9 Å². The Morgan fingerprint density at radius 2 is 2.33 bits per heavy atom. The fourth-order valence-corrected chi connectivity index (χ4v) is 0.738. The number of carboxylic acids is 1. The first-order chi connectivity index (χ1) is 3.75. The number of aliphatic hydroxyl groups is 1. The van der Waals surface area contributed by atoms with Crippen LogP contribution in [0.15, 0.2) is 0 Å². The van der Waals surface area contributed by atoms with Crippen molar-refractivity contribution in [3.63, 3.8) is 0 Å². The molecule has 1 N–H and O–H groups in total. The number of aliphatic hydroxyl groups excluding tert-OH is 1. The van der Waals surface area contributed by atoms with Crippen molar-refractivity contribution in [2.24, 2.45) is 11.8 Å². The van der Waals surface area contributed by atoms with E-state index in [1.54, 1.807) is 0 Å². The summed E-state index contributed by atoms with van der Waals surface area (Å²) in [6.45, 7) is -0.0152. The zero-order valence-electron chi connectivity index (χ0n) is 5.33. The molecule has 0 spiro atoms. The number of carbonyl (C=O) groups excluding carboxylic acids is 1. The predicted octanol–water partition coefficient (Wildman–Crippen LogP) is -4.63. The predicted molar refractivity (Wildman–Crippen MR) is 23.7 cm³/mol. The number of aliphatic carboxylic acids is 1. The maximum atomic E-state index is 9.91. The van der Waals surface area contributed by atoms with Crippen LogP contribution in [0.4, 0.5) is 0 Å². The van der Waals surface area contributed by atoms with Crippen molar-refractivity contribution >= 4 is 5.97 Å². The molecule has 0 aromatic rings. The maximum Gasteiger partial charge on any atom is 1.00 e. The van der Waals surface area contributed by atoms with Crippen LogP contribution in [0, 0.1) is 11.8 Å². The molecule has 0 amide bonds. The molecular formula is C5H7LiO3. The minimum Gasteiger partial charge on any atom is -0.550 e. The first-order valence-corrected chi connectivity index (χ1v) is 2.57. The fraction of sp³-hybridized carbons (Fsp3) is 0.800. The van der Waals surface area contributed by atoms with Crippen LogP contribution in [0.3, 0.4) is 0 Å². The molecule has 46 valence electrons. The summed E-state index contributed by atoms with van der Waals surface area (Å²) in [6, 6.07) is 0. The van der Waals surface area contributed by atoms with Crippen LogP contribution in [0.25, 0.3) is 0 Å². The van der Waals surface area contributed by atoms with Crippen LogP contribution < -0.4 is 24.0 Å². The van der Waals surface area contributed by atoms with Gasteiger partial charge in [-0.05, 0) is 12.3 Å². The topological polar surface area (TPSA) is 60.4 Å². The summed E-state index contributed by atoms with van der Waals surface area (Å²) in [5.74, 6) is -1.40. The molecule has 1 aliphatic rings. The number of rotatable bonds is 2. The molecule has 1 fully saturated rings. The Balaban J connectivity index is 0.000000640. The summed E-state index contributed by atoms with van der Waals surface area (Å²) in [5, 5.41) is 18.2. The van der Waals surface area contributed by atoms with Crippen LogP contribution in [0.5, 0.6) is 0 Å². The molecule has 0 bridgehead atoms. The van der Waals surface area contributed by atoms with Crippen LogP contribution in [-0.4, -0.2) is 17.7 Å². The normalized spacial score (nSPS) is 30.8. The van der Waals surface area contributed by atoms with Crippen molar-refractivity contribution in [1.29, 1.82) is 0 Å². The van der Waals surface area contributed by atoms with Gasteiger partial charge in [0.2, 0.25) is 0 Å². The quantitative estimate of drug-likeness (QED) is 0.375. The molecule has 4 heteroatoms. The maximum absolute atomic E-state index is 9.91. The first kappa shape index (κ1) is 9.03. The Labute approximate surface area is 65.2 Å². The van der Waals surface area contributed by atoms with Gasteiger partial charge in [0.1, 0.15) is 0 Å². The molecule has 0 radical (unpaired) electrons. The van der Waals surface area contributed by atoms with Crippen LogP contribution >= 0.6 is 0 Å². The van der Waals surface area contributed by atoms with E-state index in [-0.39, 0.29) is 37.3 Å². The van der Waals surface area contributed by atoms with Gasteiger partial charge in [-0.1, -0.05) is 0 Å². The Bertz CT molecular complexity index is 115. The Hall–Kier alpha value is 0.0274. The number of hydrogen-bond donors (Lipinski definition) is 1. The van der Waals surface area contributed by atoms with Crippen molar-refractivity contribution in [2.45, 2.75) is 6.42 Å². The third kappa shape index (κ3) is 2.02. The monoisotopic (exact) mass is 122 g/mol. The van der Waals surface area contributed by atoms with Gasteiger partial charge in [0, 0.05) is 18.5 Å². The SMILES string of the molecule is O=C([O-])C1CC1CO.[Li+]. The molecule has 3 nitrogen and oxygen atoms in total.